The van der Waals surface area contributed by atoms with Crippen LogP contribution in [0.25, 0.3) is 10.9 Å². The number of methoxy groups -OCH3 is 1. The number of ether oxygens (including phenoxy) is 1. The molecule has 28 heavy (non-hydrogen) atoms. The zero-order valence-electron chi connectivity index (χ0n) is 15.7. The summed E-state index contributed by atoms with van der Waals surface area (Å²) in [4.78, 5) is 29.7. The van der Waals surface area contributed by atoms with Gasteiger partial charge in [-0.2, -0.15) is 0 Å². The topological polar surface area (TPSA) is 103 Å². The van der Waals surface area contributed by atoms with E-state index >= 15 is 0 Å². The molecule has 2 aliphatic rings. The number of hydrogen-bond donors (Lipinski definition) is 3. The van der Waals surface area contributed by atoms with Crippen LogP contribution < -0.4 is 0 Å². The Bertz CT molecular complexity index is 934. The molecule has 1 fully saturated rings. The maximum Gasteiger partial charge on any atom is 0.337 e. The number of aldehydes is 1. The van der Waals surface area contributed by atoms with Crippen molar-refractivity contribution in [2.24, 2.45) is 11.8 Å². The zero-order valence-corrected chi connectivity index (χ0v) is 15.7. The van der Waals surface area contributed by atoms with Crippen molar-refractivity contribution in [1.29, 1.82) is 0 Å². The Labute approximate surface area is 162 Å². The van der Waals surface area contributed by atoms with Gasteiger partial charge >= 0.3 is 5.97 Å². The van der Waals surface area contributed by atoms with Crippen molar-refractivity contribution in [2.75, 3.05) is 20.2 Å². The average molecular weight is 384 g/mol. The summed E-state index contributed by atoms with van der Waals surface area (Å²) in [5.74, 6) is -2.12. The highest BCUT2D eigenvalue weighted by molar-refractivity contribution is 5.89. The lowest BCUT2D eigenvalue weighted by Gasteiger charge is -2.35. The van der Waals surface area contributed by atoms with E-state index in [4.69, 9.17) is 4.74 Å². The summed E-state index contributed by atoms with van der Waals surface area (Å²) in [5, 5.41) is 21.6. The number of aromatic nitrogens is 1. The lowest BCUT2D eigenvalue weighted by atomic mass is 9.79. The quantitative estimate of drug-likeness (QED) is 0.323. The maximum absolute atomic E-state index is 12.2. The van der Waals surface area contributed by atoms with E-state index in [0.717, 1.165) is 24.2 Å². The molecule has 7 heteroatoms. The summed E-state index contributed by atoms with van der Waals surface area (Å²) in [6.45, 7) is 1.09. The van der Waals surface area contributed by atoms with Crippen LogP contribution in [0, 0.1) is 11.8 Å². The minimum atomic E-state index is -0.932. The van der Waals surface area contributed by atoms with E-state index in [1.165, 1.54) is 18.1 Å². The van der Waals surface area contributed by atoms with Gasteiger partial charge in [-0.15, -0.1) is 0 Å². The van der Waals surface area contributed by atoms with E-state index in [1.54, 1.807) is 0 Å². The number of nitrogens with zero attached hydrogens (tertiary/aromatic N) is 1. The normalized spacial score (nSPS) is 28.3. The first-order valence-corrected chi connectivity index (χ1v) is 9.48. The monoisotopic (exact) mass is 384 g/mol. The van der Waals surface area contributed by atoms with Gasteiger partial charge in [0.25, 0.3) is 0 Å². The molecule has 148 valence electrons. The third-order valence-corrected chi connectivity index (χ3v) is 6.19. The molecule has 1 aromatic carbocycles. The summed E-state index contributed by atoms with van der Waals surface area (Å²) in [7, 11) is 1.23. The molecule has 3 heterocycles. The number of aliphatic hydroxyl groups excluding tert-OH is 2. The van der Waals surface area contributed by atoms with Crippen LogP contribution in [0.3, 0.4) is 0 Å². The molecule has 4 rings (SSSR count). The number of aliphatic hydroxyl groups is 2. The number of esters is 1. The number of hydrogen-bond acceptors (Lipinski definition) is 6. The maximum atomic E-state index is 12.2. The van der Waals surface area contributed by atoms with Crippen LogP contribution in [0.4, 0.5) is 0 Å². The average Bonchev–Trinajstić information content (AvgIpc) is 3.02. The molecule has 1 aromatic heterocycles. The van der Waals surface area contributed by atoms with Gasteiger partial charge in [-0.1, -0.05) is 18.2 Å². The lowest BCUT2D eigenvalue weighted by molar-refractivity contribution is -0.137. The third-order valence-electron chi connectivity index (χ3n) is 6.19. The van der Waals surface area contributed by atoms with E-state index < -0.39 is 23.9 Å². The van der Waals surface area contributed by atoms with Crippen LogP contribution in [-0.2, 0) is 20.7 Å². The number of rotatable bonds is 3. The molecule has 0 amide bonds. The summed E-state index contributed by atoms with van der Waals surface area (Å²) >= 11 is 0. The molecule has 1 saturated heterocycles. The van der Waals surface area contributed by atoms with Gasteiger partial charge in [-0.3, -0.25) is 4.90 Å². The van der Waals surface area contributed by atoms with Crippen LogP contribution in [0.2, 0.25) is 0 Å². The molecule has 0 radical (unpaired) electrons. The van der Waals surface area contributed by atoms with Crippen molar-refractivity contribution < 1.29 is 24.5 Å². The summed E-state index contributed by atoms with van der Waals surface area (Å²) in [6.07, 6.45) is 1.73. The standard InChI is InChI=1S/C21H24N2O5/c1-28-21(27)16(11-25)14-8-18-20-13(12-4-2-3-5-17(12)22-20)6-7-23(18)9-19(26)15(14)10-24/h2-5,10-11,14-15,18-19,22,25-26H,6-9H2,1H3/b16-11+/t14-,15-,18-,19+/m0/s1. The third kappa shape index (κ3) is 2.91. The van der Waals surface area contributed by atoms with Gasteiger partial charge in [-0.05, 0) is 24.5 Å². The van der Waals surface area contributed by atoms with Crippen molar-refractivity contribution in [3.63, 3.8) is 0 Å². The fourth-order valence-corrected chi connectivity index (χ4v) is 4.82. The highest BCUT2D eigenvalue weighted by Gasteiger charge is 2.44. The van der Waals surface area contributed by atoms with Crippen LogP contribution in [0.5, 0.6) is 0 Å². The number of benzene rings is 1. The molecule has 4 atom stereocenters. The highest BCUT2D eigenvalue weighted by atomic mass is 16.5. The van der Waals surface area contributed by atoms with Crippen molar-refractivity contribution >= 4 is 23.2 Å². The Hall–Kier alpha value is -2.64. The van der Waals surface area contributed by atoms with Crippen LogP contribution in [0.15, 0.2) is 36.1 Å². The molecule has 7 nitrogen and oxygen atoms in total. The molecule has 0 spiro atoms. The van der Waals surface area contributed by atoms with Crippen LogP contribution in [0.1, 0.15) is 23.7 Å². The van der Waals surface area contributed by atoms with Gasteiger partial charge in [0, 0.05) is 41.5 Å². The Morgan fingerprint density at radius 2 is 2.14 bits per heavy atom. The van der Waals surface area contributed by atoms with E-state index in [-0.39, 0.29) is 11.6 Å². The summed E-state index contributed by atoms with van der Waals surface area (Å²) in [6, 6.07) is 8.01. The fraction of sp³-hybridized carbons (Fsp3) is 0.429. The molecule has 0 unspecified atom stereocenters. The molecule has 0 bridgehead atoms. The molecule has 2 aliphatic heterocycles. The van der Waals surface area contributed by atoms with E-state index in [9.17, 15) is 19.8 Å². The number of carbonyl (C=O) groups excluding carboxylic acids is 2. The highest BCUT2D eigenvalue weighted by Crippen LogP contribution is 2.43. The predicted molar refractivity (Wildman–Crippen MR) is 103 cm³/mol. The molecule has 0 aliphatic carbocycles. The zero-order chi connectivity index (χ0) is 19.8. The first-order valence-electron chi connectivity index (χ1n) is 9.48. The van der Waals surface area contributed by atoms with Gasteiger partial charge < -0.3 is 24.7 Å². The molecular weight excluding hydrogens is 360 g/mol. The molecular formula is C21H24N2O5. The van der Waals surface area contributed by atoms with Crippen LogP contribution >= 0.6 is 0 Å². The number of fused-ring (bicyclic) bond motifs is 5. The minimum Gasteiger partial charge on any atom is -0.515 e. The Morgan fingerprint density at radius 3 is 2.86 bits per heavy atom. The van der Waals surface area contributed by atoms with Gasteiger partial charge in [-0.25, -0.2) is 4.79 Å². The molecule has 2 aromatic rings. The van der Waals surface area contributed by atoms with Crippen molar-refractivity contribution in [2.45, 2.75) is 25.0 Å². The first kappa shape index (κ1) is 18.7. The smallest absolute Gasteiger partial charge is 0.337 e. The largest absolute Gasteiger partial charge is 0.515 e. The lowest BCUT2D eigenvalue weighted by Crippen LogP contribution is -2.40. The minimum absolute atomic E-state index is 0.0173. The van der Waals surface area contributed by atoms with Gasteiger partial charge in [0.15, 0.2) is 0 Å². The number of H-pyrrole nitrogens is 1. The Balaban J connectivity index is 1.80. The molecule has 0 saturated carbocycles. The fourth-order valence-electron chi connectivity index (χ4n) is 4.82. The summed E-state index contributed by atoms with van der Waals surface area (Å²) < 4.78 is 4.79. The van der Waals surface area contributed by atoms with E-state index in [2.05, 4.69) is 16.0 Å². The number of carbonyl (C=O) groups is 2. The van der Waals surface area contributed by atoms with E-state index in [0.29, 0.717) is 25.5 Å². The Kier molecular flexibility index (Phi) is 4.95. The van der Waals surface area contributed by atoms with Crippen molar-refractivity contribution in [1.82, 2.24) is 9.88 Å². The van der Waals surface area contributed by atoms with E-state index in [1.807, 2.05) is 18.2 Å². The SMILES string of the molecule is COC(=O)/C(=C/O)[C@H]1C[C@H]2c3[nH]c4ccccc4c3CCN2C[C@@H](O)[C@H]1C=O. The van der Waals surface area contributed by atoms with Crippen LogP contribution in [-0.4, -0.2) is 58.7 Å². The summed E-state index contributed by atoms with van der Waals surface area (Å²) in [5.41, 5.74) is 3.36. The predicted octanol–water partition coefficient (Wildman–Crippen LogP) is 1.88. The second kappa shape index (κ2) is 7.41. The Morgan fingerprint density at radius 1 is 1.36 bits per heavy atom. The second-order valence-electron chi connectivity index (χ2n) is 7.52. The molecule has 3 N–H and O–H groups in total. The number of aromatic amines is 1. The first-order chi connectivity index (χ1) is 13.6. The van der Waals surface area contributed by atoms with Crippen molar-refractivity contribution in [3.8, 4) is 0 Å². The van der Waals surface area contributed by atoms with Crippen molar-refractivity contribution in [3.05, 3.63) is 47.4 Å². The number of para-hydroxylation sites is 1. The number of nitrogens with one attached hydrogen (secondary N) is 1. The van der Waals surface area contributed by atoms with Gasteiger partial charge in [0.1, 0.15) is 6.29 Å². The second-order valence-corrected chi connectivity index (χ2v) is 7.52. The van der Waals surface area contributed by atoms with Gasteiger partial charge in [0.05, 0.1) is 31.1 Å². The van der Waals surface area contributed by atoms with Gasteiger partial charge in [0.2, 0.25) is 0 Å².